The molecule has 0 fully saturated rings. The molecule has 0 aliphatic carbocycles. The highest BCUT2D eigenvalue weighted by atomic mass is 16.6. The van der Waals surface area contributed by atoms with E-state index in [0.29, 0.717) is 17.0 Å². The van der Waals surface area contributed by atoms with Crippen LogP contribution in [0, 0.1) is 20.2 Å². The molecule has 0 aromatic heterocycles. The normalized spacial score (nSPS) is 20.2. The molecule has 0 saturated heterocycles. The van der Waals surface area contributed by atoms with Crippen molar-refractivity contribution in [3.8, 4) is 0 Å². The third-order valence-corrected chi connectivity index (χ3v) is 9.66. The summed E-state index contributed by atoms with van der Waals surface area (Å²) in [5, 5.41) is 29.8. The lowest BCUT2D eigenvalue weighted by molar-refractivity contribution is -0.387. The van der Waals surface area contributed by atoms with Crippen molar-refractivity contribution in [3.63, 3.8) is 0 Å². The van der Waals surface area contributed by atoms with Crippen molar-refractivity contribution in [1.82, 2.24) is 5.32 Å². The molecule has 0 amide bonds. The van der Waals surface area contributed by atoms with Gasteiger partial charge in [-0.3, -0.25) is 35.5 Å². The Morgan fingerprint density at radius 1 is 0.500 bits per heavy atom. The monoisotopic (exact) mass is 682 g/mol. The van der Waals surface area contributed by atoms with Crippen LogP contribution in [0.25, 0.3) is 0 Å². The van der Waals surface area contributed by atoms with Crippen molar-refractivity contribution < 1.29 is 9.85 Å². The summed E-state index contributed by atoms with van der Waals surface area (Å²) < 4.78 is 0. The Labute approximate surface area is 298 Å². The number of hydrogen-bond acceptors (Lipinski definition) is 8. The summed E-state index contributed by atoms with van der Waals surface area (Å²) in [5.41, 5.74) is -1.47. The van der Waals surface area contributed by atoms with Gasteiger partial charge in [0.1, 0.15) is 5.54 Å². The maximum Gasteiger partial charge on any atom is 0.277 e. The van der Waals surface area contributed by atoms with E-state index in [9.17, 15) is 20.2 Å². The van der Waals surface area contributed by atoms with Gasteiger partial charge in [0.15, 0.2) is 5.66 Å². The fourth-order valence-corrected chi connectivity index (χ4v) is 7.43. The van der Waals surface area contributed by atoms with E-state index in [-0.39, 0.29) is 22.5 Å². The third-order valence-electron chi connectivity index (χ3n) is 9.66. The van der Waals surface area contributed by atoms with E-state index >= 15 is 0 Å². The van der Waals surface area contributed by atoms with E-state index in [1.54, 1.807) is 42.6 Å². The lowest BCUT2D eigenvalue weighted by Gasteiger charge is -2.43. The zero-order chi connectivity index (χ0) is 35.8. The molecule has 52 heavy (non-hydrogen) atoms. The van der Waals surface area contributed by atoms with Crippen molar-refractivity contribution in [2.24, 2.45) is 15.0 Å². The Kier molecular flexibility index (Phi) is 7.93. The van der Waals surface area contributed by atoms with Gasteiger partial charge in [-0.15, -0.1) is 0 Å². The first-order valence-electron chi connectivity index (χ1n) is 16.6. The van der Waals surface area contributed by atoms with Crippen LogP contribution in [-0.2, 0) is 16.9 Å². The maximum absolute atomic E-state index is 13.0. The SMILES string of the molecule is O=[N+]([O-])c1ccccc1C1(C2(c3ccccc3[N+](=O)[O-])N=C(c3ccccc3)C(c3ccccc3)(c3ccccc3)N2)N=CC(c2ccccc2)=N1. The third kappa shape index (κ3) is 4.96. The van der Waals surface area contributed by atoms with E-state index in [4.69, 9.17) is 15.0 Å². The summed E-state index contributed by atoms with van der Waals surface area (Å²) in [7, 11) is 0. The second kappa shape index (κ2) is 12.8. The number of rotatable bonds is 9. The van der Waals surface area contributed by atoms with Gasteiger partial charge in [0.05, 0.1) is 38.6 Å². The second-order valence-corrected chi connectivity index (χ2v) is 12.5. The number of nitro benzene ring substituents is 2. The van der Waals surface area contributed by atoms with E-state index in [1.807, 2.05) is 121 Å². The number of hydrogen-bond donors (Lipinski definition) is 1. The van der Waals surface area contributed by atoms with Crippen LogP contribution >= 0.6 is 0 Å². The van der Waals surface area contributed by atoms with Gasteiger partial charge in [-0.25, -0.2) is 4.99 Å². The van der Waals surface area contributed by atoms with Crippen molar-refractivity contribution in [1.29, 1.82) is 0 Å². The minimum absolute atomic E-state index is 0.112. The van der Waals surface area contributed by atoms with Crippen LogP contribution in [-0.4, -0.2) is 27.5 Å². The van der Waals surface area contributed by atoms with Gasteiger partial charge in [0.2, 0.25) is 5.66 Å². The van der Waals surface area contributed by atoms with Crippen molar-refractivity contribution >= 4 is 29.0 Å². The Bertz CT molecular complexity index is 2360. The molecule has 6 aromatic carbocycles. The fourth-order valence-electron chi connectivity index (χ4n) is 7.43. The molecule has 6 aromatic rings. The summed E-state index contributed by atoms with van der Waals surface area (Å²) in [4.78, 5) is 41.1. The average molecular weight is 683 g/mol. The van der Waals surface area contributed by atoms with Crippen LogP contribution in [0.3, 0.4) is 0 Å². The van der Waals surface area contributed by atoms with Gasteiger partial charge in [0, 0.05) is 17.7 Å². The van der Waals surface area contributed by atoms with Crippen LogP contribution in [0.2, 0.25) is 0 Å². The first kappa shape index (κ1) is 32.3. The molecule has 0 bridgehead atoms. The Morgan fingerprint density at radius 3 is 1.48 bits per heavy atom. The molecule has 1 N–H and O–H groups in total. The highest BCUT2D eigenvalue weighted by Crippen LogP contribution is 2.58. The number of para-hydroxylation sites is 2. The van der Waals surface area contributed by atoms with Gasteiger partial charge in [-0.05, 0) is 28.8 Å². The number of aliphatic imine (C=N–C) groups is 3. The summed E-state index contributed by atoms with van der Waals surface area (Å²) in [6.07, 6.45) is 1.58. The van der Waals surface area contributed by atoms with E-state index in [1.165, 1.54) is 12.1 Å². The molecule has 2 heterocycles. The van der Waals surface area contributed by atoms with Crippen LogP contribution in [0.15, 0.2) is 185 Å². The van der Waals surface area contributed by atoms with E-state index < -0.39 is 26.7 Å². The largest absolute Gasteiger partial charge is 0.277 e. The lowest BCUT2D eigenvalue weighted by Crippen LogP contribution is -2.59. The summed E-state index contributed by atoms with van der Waals surface area (Å²) >= 11 is 0. The Hall–Kier alpha value is -6.91. The molecule has 8 rings (SSSR count). The molecular weight excluding hydrogens is 652 g/mol. The number of benzene rings is 6. The van der Waals surface area contributed by atoms with Crippen LogP contribution in [0.5, 0.6) is 0 Å². The Balaban J connectivity index is 1.58. The molecule has 2 aliphatic heterocycles. The predicted octanol–water partition coefficient (Wildman–Crippen LogP) is 8.12. The predicted molar refractivity (Wildman–Crippen MR) is 201 cm³/mol. The number of nitrogens with zero attached hydrogens (tertiary/aromatic N) is 5. The zero-order valence-corrected chi connectivity index (χ0v) is 27.6. The van der Waals surface area contributed by atoms with Crippen molar-refractivity contribution in [3.05, 3.63) is 223 Å². The zero-order valence-electron chi connectivity index (χ0n) is 27.6. The first-order chi connectivity index (χ1) is 25.4. The molecule has 2 aliphatic rings. The van der Waals surface area contributed by atoms with Crippen molar-refractivity contribution in [2.75, 3.05) is 0 Å². The van der Waals surface area contributed by atoms with Crippen LogP contribution < -0.4 is 5.32 Å². The van der Waals surface area contributed by atoms with Gasteiger partial charge in [-0.1, -0.05) is 146 Å². The van der Waals surface area contributed by atoms with Gasteiger partial charge in [-0.2, -0.15) is 0 Å². The summed E-state index contributed by atoms with van der Waals surface area (Å²) in [6.45, 7) is 0. The number of nitrogens with one attached hydrogen (secondary N) is 1. The highest BCUT2D eigenvalue weighted by Gasteiger charge is 2.67. The molecule has 2 atom stereocenters. The van der Waals surface area contributed by atoms with Crippen LogP contribution in [0.1, 0.15) is 33.4 Å². The smallest absolute Gasteiger partial charge is 0.266 e. The molecule has 10 nitrogen and oxygen atoms in total. The molecule has 10 heteroatoms. The fraction of sp³-hybridized carbons (Fsp3) is 0.0714. The summed E-state index contributed by atoms with van der Waals surface area (Å²) in [5.74, 6) is 0. The van der Waals surface area contributed by atoms with Gasteiger partial charge >= 0.3 is 0 Å². The van der Waals surface area contributed by atoms with Crippen molar-refractivity contribution in [2.45, 2.75) is 16.9 Å². The molecule has 252 valence electrons. The minimum atomic E-state index is -1.97. The minimum Gasteiger partial charge on any atom is -0.266 e. The average Bonchev–Trinajstić information content (AvgIpc) is 3.83. The quantitative estimate of drug-likeness (QED) is 0.121. The molecular formula is C42H30N6O4. The van der Waals surface area contributed by atoms with Gasteiger partial charge < -0.3 is 0 Å². The molecule has 0 radical (unpaired) electrons. The van der Waals surface area contributed by atoms with Crippen LogP contribution in [0.4, 0.5) is 11.4 Å². The first-order valence-corrected chi connectivity index (χ1v) is 16.6. The van der Waals surface area contributed by atoms with E-state index in [0.717, 1.165) is 16.7 Å². The number of nitro groups is 2. The lowest BCUT2D eigenvalue weighted by atomic mass is 9.75. The molecule has 0 saturated carbocycles. The summed E-state index contributed by atoms with van der Waals surface area (Å²) in [6, 6.07) is 50.9. The molecule has 2 unspecified atom stereocenters. The maximum atomic E-state index is 13.0. The standard InChI is InChI=1S/C42H30N6O4/c49-47(50)37-27-15-13-25-34(37)41(43-29-36(44-41)30-17-5-1-6-18-30)42(35-26-14-16-28-38(35)48(51)52)45-39(31-19-7-2-8-20-31)40(46-42,32-21-9-3-10-22-32)33-23-11-4-12-24-33/h1-29,46H. The molecule has 0 spiro atoms. The second-order valence-electron chi connectivity index (χ2n) is 12.5. The van der Waals surface area contributed by atoms with Gasteiger partial charge in [0.25, 0.3) is 11.4 Å². The Morgan fingerprint density at radius 2 is 0.942 bits per heavy atom. The van der Waals surface area contributed by atoms with E-state index in [2.05, 4.69) is 5.32 Å². The highest BCUT2D eigenvalue weighted by molar-refractivity contribution is 6.39. The topological polar surface area (TPSA) is 135 Å².